The van der Waals surface area contributed by atoms with Gasteiger partial charge >= 0.3 is 0 Å². The number of nitrogens with two attached hydrogens (primary N) is 2. The molecule has 0 bridgehead atoms. The normalized spacial score (nSPS) is 10.0. The second-order valence-corrected chi connectivity index (χ2v) is 3.83. The SMILES string of the molecule is Nc1ccc(OCCOc2ccc(N)cc2)cc1. The van der Waals surface area contributed by atoms with Crippen LogP contribution in [-0.4, -0.2) is 13.2 Å². The molecule has 0 aliphatic carbocycles. The smallest absolute Gasteiger partial charge is 0.122 e. The van der Waals surface area contributed by atoms with E-state index in [9.17, 15) is 0 Å². The van der Waals surface area contributed by atoms with Crippen LogP contribution in [0.5, 0.6) is 11.5 Å². The van der Waals surface area contributed by atoms with Gasteiger partial charge in [-0.15, -0.1) is 0 Å². The summed E-state index contributed by atoms with van der Waals surface area (Å²) in [5, 5.41) is 0. The van der Waals surface area contributed by atoms with E-state index in [2.05, 4.69) is 0 Å². The molecule has 2 aromatic carbocycles. The summed E-state index contributed by atoms with van der Waals surface area (Å²) in [5.74, 6) is 1.57. The van der Waals surface area contributed by atoms with Crippen molar-refractivity contribution < 1.29 is 9.47 Å². The van der Waals surface area contributed by atoms with Crippen LogP contribution in [0.4, 0.5) is 11.4 Å². The highest BCUT2D eigenvalue weighted by Gasteiger charge is 1.95. The molecule has 0 fully saturated rings. The van der Waals surface area contributed by atoms with Crippen LogP contribution in [0, 0.1) is 0 Å². The van der Waals surface area contributed by atoms with Crippen molar-refractivity contribution in [2.24, 2.45) is 0 Å². The second kappa shape index (κ2) is 5.82. The topological polar surface area (TPSA) is 70.5 Å². The molecular formula is C14H16N2O2. The molecule has 2 aromatic rings. The van der Waals surface area contributed by atoms with Gasteiger partial charge in [0.2, 0.25) is 0 Å². The number of hydrogen-bond acceptors (Lipinski definition) is 4. The van der Waals surface area contributed by atoms with Gasteiger partial charge < -0.3 is 20.9 Å². The molecule has 18 heavy (non-hydrogen) atoms. The summed E-state index contributed by atoms with van der Waals surface area (Å²) in [6, 6.07) is 14.5. The first-order chi connectivity index (χ1) is 8.74. The molecule has 0 aliphatic heterocycles. The Kier molecular flexibility index (Phi) is 3.91. The zero-order chi connectivity index (χ0) is 12.8. The Hall–Kier alpha value is -2.36. The van der Waals surface area contributed by atoms with Crippen LogP contribution >= 0.6 is 0 Å². The number of ether oxygens (including phenoxy) is 2. The summed E-state index contributed by atoms with van der Waals surface area (Å²) >= 11 is 0. The van der Waals surface area contributed by atoms with E-state index in [1.807, 2.05) is 24.3 Å². The van der Waals surface area contributed by atoms with Gasteiger partial charge in [0.1, 0.15) is 24.7 Å². The molecule has 0 unspecified atom stereocenters. The minimum atomic E-state index is 0.480. The third-order valence-corrected chi connectivity index (χ3v) is 2.38. The number of benzene rings is 2. The maximum Gasteiger partial charge on any atom is 0.122 e. The number of anilines is 2. The third kappa shape index (κ3) is 3.59. The van der Waals surface area contributed by atoms with E-state index in [-0.39, 0.29) is 0 Å². The molecule has 0 saturated heterocycles. The Balaban J connectivity index is 1.73. The summed E-state index contributed by atoms with van der Waals surface area (Å²) in [5.41, 5.74) is 12.6. The highest BCUT2D eigenvalue weighted by Crippen LogP contribution is 2.14. The van der Waals surface area contributed by atoms with Gasteiger partial charge in [0, 0.05) is 11.4 Å². The lowest BCUT2D eigenvalue weighted by molar-refractivity contribution is 0.217. The molecule has 0 aliphatic rings. The molecule has 4 heteroatoms. The van der Waals surface area contributed by atoms with Crippen molar-refractivity contribution in [2.75, 3.05) is 24.7 Å². The molecule has 94 valence electrons. The molecule has 0 saturated carbocycles. The molecule has 0 aromatic heterocycles. The van der Waals surface area contributed by atoms with Crippen molar-refractivity contribution in [1.82, 2.24) is 0 Å². The zero-order valence-electron chi connectivity index (χ0n) is 10.0. The molecule has 0 spiro atoms. The van der Waals surface area contributed by atoms with Gasteiger partial charge in [-0.3, -0.25) is 0 Å². The van der Waals surface area contributed by atoms with E-state index in [1.54, 1.807) is 24.3 Å². The maximum atomic E-state index is 5.58. The largest absolute Gasteiger partial charge is 0.490 e. The van der Waals surface area contributed by atoms with Crippen molar-refractivity contribution in [1.29, 1.82) is 0 Å². The first-order valence-electron chi connectivity index (χ1n) is 5.71. The van der Waals surface area contributed by atoms with Crippen molar-refractivity contribution in [3.05, 3.63) is 48.5 Å². The van der Waals surface area contributed by atoms with Crippen LogP contribution < -0.4 is 20.9 Å². The summed E-state index contributed by atoms with van der Waals surface area (Å²) < 4.78 is 11.0. The lowest BCUT2D eigenvalue weighted by atomic mass is 10.3. The van der Waals surface area contributed by atoms with Gasteiger partial charge in [-0.05, 0) is 48.5 Å². The van der Waals surface area contributed by atoms with Gasteiger partial charge in [0.25, 0.3) is 0 Å². The van der Waals surface area contributed by atoms with Crippen LogP contribution in [0.25, 0.3) is 0 Å². The maximum absolute atomic E-state index is 5.58. The molecule has 0 amide bonds. The predicted octanol–water partition coefficient (Wildman–Crippen LogP) is 2.31. The monoisotopic (exact) mass is 244 g/mol. The first-order valence-corrected chi connectivity index (χ1v) is 5.71. The number of hydrogen-bond donors (Lipinski definition) is 2. The van der Waals surface area contributed by atoms with E-state index in [4.69, 9.17) is 20.9 Å². The highest BCUT2D eigenvalue weighted by atomic mass is 16.5. The molecule has 0 radical (unpaired) electrons. The van der Waals surface area contributed by atoms with E-state index in [0.29, 0.717) is 13.2 Å². The zero-order valence-corrected chi connectivity index (χ0v) is 10.0. The molecule has 0 heterocycles. The highest BCUT2D eigenvalue weighted by molar-refractivity contribution is 5.42. The van der Waals surface area contributed by atoms with Gasteiger partial charge in [0.05, 0.1) is 0 Å². The molecule has 4 N–H and O–H groups in total. The predicted molar refractivity (Wildman–Crippen MR) is 72.7 cm³/mol. The summed E-state index contributed by atoms with van der Waals surface area (Å²) in [4.78, 5) is 0. The fourth-order valence-corrected chi connectivity index (χ4v) is 1.45. The average Bonchev–Trinajstić information content (AvgIpc) is 2.39. The summed E-state index contributed by atoms with van der Waals surface area (Å²) in [6.07, 6.45) is 0. The Morgan fingerprint density at radius 2 is 0.944 bits per heavy atom. The lowest BCUT2D eigenvalue weighted by Crippen LogP contribution is -2.08. The van der Waals surface area contributed by atoms with Crippen molar-refractivity contribution >= 4 is 11.4 Å². The summed E-state index contributed by atoms with van der Waals surface area (Å²) in [7, 11) is 0. The summed E-state index contributed by atoms with van der Waals surface area (Å²) in [6.45, 7) is 0.961. The van der Waals surface area contributed by atoms with Crippen LogP contribution in [0.15, 0.2) is 48.5 Å². The van der Waals surface area contributed by atoms with Crippen molar-refractivity contribution in [3.8, 4) is 11.5 Å². The number of nitrogen functional groups attached to an aromatic ring is 2. The third-order valence-electron chi connectivity index (χ3n) is 2.38. The van der Waals surface area contributed by atoms with Gasteiger partial charge in [0.15, 0.2) is 0 Å². The molecule has 2 rings (SSSR count). The van der Waals surface area contributed by atoms with E-state index >= 15 is 0 Å². The Labute approximate surface area is 106 Å². The van der Waals surface area contributed by atoms with Crippen molar-refractivity contribution in [3.63, 3.8) is 0 Å². The molecular weight excluding hydrogens is 228 g/mol. The van der Waals surface area contributed by atoms with Gasteiger partial charge in [-0.1, -0.05) is 0 Å². The first kappa shape index (κ1) is 12.1. The van der Waals surface area contributed by atoms with Crippen LogP contribution in [0.3, 0.4) is 0 Å². The Bertz CT molecular complexity index is 433. The number of rotatable bonds is 5. The van der Waals surface area contributed by atoms with Gasteiger partial charge in [-0.25, -0.2) is 0 Å². The average molecular weight is 244 g/mol. The fourth-order valence-electron chi connectivity index (χ4n) is 1.45. The van der Waals surface area contributed by atoms with Crippen LogP contribution in [0.2, 0.25) is 0 Å². The fraction of sp³-hybridized carbons (Fsp3) is 0.143. The molecule has 4 nitrogen and oxygen atoms in total. The Morgan fingerprint density at radius 1 is 0.611 bits per heavy atom. The molecule has 0 atom stereocenters. The second-order valence-electron chi connectivity index (χ2n) is 3.83. The van der Waals surface area contributed by atoms with Gasteiger partial charge in [-0.2, -0.15) is 0 Å². The van der Waals surface area contributed by atoms with Crippen LogP contribution in [-0.2, 0) is 0 Å². The van der Waals surface area contributed by atoms with E-state index in [0.717, 1.165) is 22.9 Å². The van der Waals surface area contributed by atoms with Crippen molar-refractivity contribution in [2.45, 2.75) is 0 Å². The Morgan fingerprint density at radius 3 is 1.28 bits per heavy atom. The van der Waals surface area contributed by atoms with E-state index < -0.39 is 0 Å². The standard InChI is InChI=1S/C14H16N2O2/c15-11-1-5-13(6-2-11)17-9-10-18-14-7-3-12(16)4-8-14/h1-8H,9-10,15-16H2. The minimum absolute atomic E-state index is 0.480. The lowest BCUT2D eigenvalue weighted by Gasteiger charge is -2.08. The quantitative estimate of drug-likeness (QED) is 0.625. The van der Waals surface area contributed by atoms with Crippen LogP contribution in [0.1, 0.15) is 0 Å². The van der Waals surface area contributed by atoms with E-state index in [1.165, 1.54) is 0 Å². The minimum Gasteiger partial charge on any atom is -0.490 e.